The molecule has 1 aromatic rings. The van der Waals surface area contributed by atoms with Crippen LogP contribution < -0.4 is 4.74 Å². The number of para-hydroxylation sites is 1. The zero-order valence-corrected chi connectivity index (χ0v) is 8.65. The fraction of sp³-hybridized carbons (Fsp3) is 0.400. The number of hydrogen-bond acceptors (Lipinski definition) is 1. The van der Waals surface area contributed by atoms with Crippen LogP contribution in [0.25, 0.3) is 0 Å². The predicted octanol–water partition coefficient (Wildman–Crippen LogP) is 4.06. The number of aryl methyl sites for hydroxylation is 1. The molecule has 0 saturated carbocycles. The fourth-order valence-corrected chi connectivity index (χ4v) is 0.862. The maximum absolute atomic E-state index is 12.8. The van der Waals surface area contributed by atoms with Crippen molar-refractivity contribution in [2.45, 2.75) is 27.1 Å². The van der Waals surface area contributed by atoms with E-state index in [4.69, 9.17) is 0 Å². The molecule has 0 fully saturated rings. The molecule has 0 unspecified atom stereocenters. The summed E-state index contributed by atoms with van der Waals surface area (Å²) < 4.78 is 51.4. The van der Waals surface area contributed by atoms with Crippen molar-refractivity contribution in [2.24, 2.45) is 0 Å². The van der Waals surface area contributed by atoms with E-state index >= 15 is 0 Å². The van der Waals surface area contributed by atoms with Crippen molar-refractivity contribution in [2.75, 3.05) is 0 Å². The zero-order valence-electron chi connectivity index (χ0n) is 8.65. The van der Waals surface area contributed by atoms with Gasteiger partial charge in [0.2, 0.25) is 0 Å². The van der Waals surface area contributed by atoms with Gasteiger partial charge in [-0.2, -0.15) is 0 Å². The van der Waals surface area contributed by atoms with Crippen LogP contribution >= 0.6 is 0 Å². The second kappa shape index (κ2) is 5.58. The first-order chi connectivity index (χ1) is 6.90. The molecule has 0 heterocycles. The molecular weight excluding hydrogens is 212 g/mol. The minimum atomic E-state index is -4.85. The van der Waals surface area contributed by atoms with Crippen LogP contribution in [0.4, 0.5) is 17.6 Å². The van der Waals surface area contributed by atoms with Gasteiger partial charge in [0, 0.05) is 0 Å². The van der Waals surface area contributed by atoms with Gasteiger partial charge < -0.3 is 4.74 Å². The molecule has 0 atom stereocenters. The van der Waals surface area contributed by atoms with Gasteiger partial charge in [-0.25, -0.2) is 4.39 Å². The van der Waals surface area contributed by atoms with Gasteiger partial charge in [0.05, 0.1) is 0 Å². The lowest BCUT2D eigenvalue weighted by Gasteiger charge is -2.11. The summed E-state index contributed by atoms with van der Waals surface area (Å²) in [5.41, 5.74) is 0.109. The molecule has 86 valence electrons. The maximum atomic E-state index is 12.8. The van der Waals surface area contributed by atoms with Gasteiger partial charge in [0.1, 0.15) is 0 Å². The topological polar surface area (TPSA) is 9.23 Å². The van der Waals surface area contributed by atoms with E-state index < -0.39 is 17.9 Å². The first-order valence-electron chi connectivity index (χ1n) is 4.41. The molecule has 0 radical (unpaired) electrons. The molecule has 1 nitrogen and oxygen atoms in total. The van der Waals surface area contributed by atoms with Gasteiger partial charge in [0.15, 0.2) is 11.6 Å². The van der Waals surface area contributed by atoms with E-state index in [-0.39, 0.29) is 5.56 Å². The molecule has 0 saturated heterocycles. The minimum Gasteiger partial charge on any atom is -0.402 e. The van der Waals surface area contributed by atoms with Gasteiger partial charge in [-0.1, -0.05) is 26.0 Å². The molecule has 1 rings (SSSR count). The predicted molar refractivity (Wildman–Crippen MR) is 49.2 cm³/mol. The summed E-state index contributed by atoms with van der Waals surface area (Å²) in [6, 6.07) is 3.56. The summed E-state index contributed by atoms with van der Waals surface area (Å²) in [4.78, 5) is 0. The second-order valence-corrected chi connectivity index (χ2v) is 2.43. The van der Waals surface area contributed by atoms with Gasteiger partial charge in [-0.05, 0) is 18.6 Å². The minimum absolute atomic E-state index is 0.109. The van der Waals surface area contributed by atoms with Crippen molar-refractivity contribution >= 4 is 0 Å². The molecule has 0 aliphatic heterocycles. The van der Waals surface area contributed by atoms with E-state index in [2.05, 4.69) is 4.74 Å². The molecule has 0 N–H and O–H groups in total. The Hall–Kier alpha value is -1.26. The van der Waals surface area contributed by atoms with Crippen molar-refractivity contribution in [1.29, 1.82) is 0 Å². The van der Waals surface area contributed by atoms with Gasteiger partial charge in [0.25, 0.3) is 0 Å². The summed E-state index contributed by atoms with van der Waals surface area (Å²) in [6.07, 6.45) is -4.85. The molecule has 0 bridgehead atoms. The Balaban J connectivity index is 0.000000921. The lowest BCUT2D eigenvalue weighted by Crippen LogP contribution is -2.18. The molecule has 0 amide bonds. The average Bonchev–Trinajstić information content (AvgIpc) is 2.14. The van der Waals surface area contributed by atoms with Crippen LogP contribution in [0.5, 0.6) is 5.75 Å². The van der Waals surface area contributed by atoms with Gasteiger partial charge in [-0.3, -0.25) is 0 Å². The standard InChI is InChI=1S/C8H6F4O.C2H6/c1-5-3-2-4-6(9)7(5)13-8(10,11)12;1-2/h2-4H,1H3;1-2H3. The molecule has 0 aliphatic rings. The monoisotopic (exact) mass is 224 g/mol. The third-order valence-corrected chi connectivity index (χ3v) is 1.38. The van der Waals surface area contributed by atoms with Crippen LogP contribution in [0.3, 0.4) is 0 Å². The third kappa shape index (κ3) is 4.67. The van der Waals surface area contributed by atoms with Crippen molar-refractivity contribution in [3.8, 4) is 5.75 Å². The fourth-order valence-electron chi connectivity index (χ4n) is 0.862. The molecular formula is C10H12F4O. The number of hydrogen-bond donors (Lipinski definition) is 0. The van der Waals surface area contributed by atoms with E-state index in [0.717, 1.165) is 6.07 Å². The molecule has 0 aromatic heterocycles. The highest BCUT2D eigenvalue weighted by Gasteiger charge is 2.32. The highest BCUT2D eigenvalue weighted by Crippen LogP contribution is 2.28. The van der Waals surface area contributed by atoms with Gasteiger partial charge in [-0.15, -0.1) is 13.2 Å². The van der Waals surface area contributed by atoms with Crippen LogP contribution in [-0.4, -0.2) is 6.36 Å². The Morgan fingerprint density at radius 1 is 1.13 bits per heavy atom. The number of halogens is 4. The average molecular weight is 224 g/mol. The molecule has 15 heavy (non-hydrogen) atoms. The van der Waals surface area contributed by atoms with E-state index in [1.807, 2.05) is 13.8 Å². The molecule has 0 spiro atoms. The SMILES string of the molecule is CC.Cc1cccc(F)c1OC(F)(F)F. The van der Waals surface area contributed by atoms with E-state index in [0.29, 0.717) is 0 Å². The van der Waals surface area contributed by atoms with Crippen LogP contribution in [0.15, 0.2) is 18.2 Å². The van der Waals surface area contributed by atoms with Crippen LogP contribution in [-0.2, 0) is 0 Å². The molecule has 5 heteroatoms. The normalized spacial score (nSPS) is 10.3. The van der Waals surface area contributed by atoms with Crippen LogP contribution in [0.1, 0.15) is 19.4 Å². The highest BCUT2D eigenvalue weighted by atomic mass is 19.4. The number of alkyl halides is 3. The van der Waals surface area contributed by atoms with Gasteiger partial charge >= 0.3 is 6.36 Å². The summed E-state index contributed by atoms with van der Waals surface area (Å²) in [7, 11) is 0. The second-order valence-electron chi connectivity index (χ2n) is 2.43. The Bertz CT molecular complexity index is 287. The van der Waals surface area contributed by atoms with Crippen molar-refractivity contribution in [1.82, 2.24) is 0 Å². The maximum Gasteiger partial charge on any atom is 0.573 e. The highest BCUT2D eigenvalue weighted by molar-refractivity contribution is 5.33. The van der Waals surface area contributed by atoms with E-state index in [1.54, 1.807) is 0 Å². The van der Waals surface area contributed by atoms with Crippen LogP contribution in [0, 0.1) is 12.7 Å². The van der Waals surface area contributed by atoms with Crippen LogP contribution in [0.2, 0.25) is 0 Å². The van der Waals surface area contributed by atoms with Crippen molar-refractivity contribution in [3.63, 3.8) is 0 Å². The van der Waals surface area contributed by atoms with E-state index in [9.17, 15) is 17.6 Å². The largest absolute Gasteiger partial charge is 0.573 e. The Labute approximate surface area is 85.7 Å². The molecule has 0 aliphatic carbocycles. The molecule has 1 aromatic carbocycles. The zero-order chi connectivity index (χ0) is 12.1. The first kappa shape index (κ1) is 13.7. The third-order valence-electron chi connectivity index (χ3n) is 1.38. The lowest BCUT2D eigenvalue weighted by molar-refractivity contribution is -0.275. The summed E-state index contributed by atoms with van der Waals surface area (Å²) >= 11 is 0. The van der Waals surface area contributed by atoms with E-state index in [1.165, 1.54) is 19.1 Å². The number of benzene rings is 1. The smallest absolute Gasteiger partial charge is 0.402 e. The summed E-state index contributed by atoms with van der Waals surface area (Å²) in [6.45, 7) is 5.34. The summed E-state index contributed by atoms with van der Waals surface area (Å²) in [5, 5.41) is 0. The number of ether oxygens (including phenoxy) is 1. The Morgan fingerprint density at radius 3 is 2.07 bits per heavy atom. The lowest BCUT2D eigenvalue weighted by atomic mass is 10.2. The Morgan fingerprint density at radius 2 is 1.67 bits per heavy atom. The Kier molecular flexibility index (Phi) is 5.11. The quantitative estimate of drug-likeness (QED) is 0.653. The first-order valence-corrected chi connectivity index (χ1v) is 4.41. The van der Waals surface area contributed by atoms with Crippen molar-refractivity contribution in [3.05, 3.63) is 29.6 Å². The number of rotatable bonds is 1. The summed E-state index contributed by atoms with van der Waals surface area (Å²) in [5.74, 6) is -1.78. The van der Waals surface area contributed by atoms with Crippen molar-refractivity contribution < 1.29 is 22.3 Å².